The van der Waals surface area contributed by atoms with E-state index in [-0.39, 0.29) is 11.7 Å². The Bertz CT molecular complexity index is 1320. The minimum atomic E-state index is -0.238. The number of allylic oxidation sites excluding steroid dienone is 2. The molecule has 0 bridgehead atoms. The molecule has 3 aromatic carbocycles. The highest BCUT2D eigenvalue weighted by Crippen LogP contribution is 2.22. The second-order valence-electron chi connectivity index (χ2n) is 8.45. The Balaban J connectivity index is 1.29. The summed E-state index contributed by atoms with van der Waals surface area (Å²) in [5, 5.41) is 2.79. The SMILES string of the molecule is C/C(=C/C(=O)c1ccccc1)NC(=O)c1ccc(CCCc2nc(-c3ccccc3)oc2C)cc1. The zero-order chi connectivity index (χ0) is 24.6. The molecule has 0 saturated heterocycles. The molecule has 1 aromatic heterocycles. The largest absolute Gasteiger partial charge is 0.441 e. The molecule has 4 rings (SSSR count). The number of carbonyl (C=O) groups is 2. The number of oxazole rings is 1. The Labute approximate surface area is 205 Å². The first-order valence-electron chi connectivity index (χ1n) is 11.7. The van der Waals surface area contributed by atoms with Crippen LogP contribution >= 0.6 is 0 Å². The van der Waals surface area contributed by atoms with Crippen molar-refractivity contribution in [3.05, 3.63) is 125 Å². The minimum Gasteiger partial charge on any atom is -0.441 e. The van der Waals surface area contributed by atoms with Crippen molar-refractivity contribution in [3.63, 3.8) is 0 Å². The molecular formula is C30H28N2O3. The summed E-state index contributed by atoms with van der Waals surface area (Å²) in [6.45, 7) is 3.66. The normalized spacial score (nSPS) is 11.3. The van der Waals surface area contributed by atoms with Crippen LogP contribution in [-0.2, 0) is 12.8 Å². The van der Waals surface area contributed by atoms with Crippen molar-refractivity contribution < 1.29 is 14.0 Å². The maximum Gasteiger partial charge on any atom is 0.255 e. The number of rotatable bonds is 9. The Morgan fingerprint density at radius 2 is 1.51 bits per heavy atom. The molecule has 0 radical (unpaired) electrons. The summed E-state index contributed by atoms with van der Waals surface area (Å²) in [6.07, 6.45) is 4.07. The summed E-state index contributed by atoms with van der Waals surface area (Å²) in [6, 6.07) is 26.4. The van der Waals surface area contributed by atoms with Crippen LogP contribution in [0.1, 0.15) is 51.1 Å². The summed E-state index contributed by atoms with van der Waals surface area (Å²) < 4.78 is 5.85. The molecule has 176 valence electrons. The number of aryl methyl sites for hydroxylation is 3. The summed E-state index contributed by atoms with van der Waals surface area (Å²) in [5.41, 5.74) is 4.75. The molecule has 0 atom stereocenters. The molecule has 0 aliphatic rings. The lowest BCUT2D eigenvalue weighted by molar-refractivity contribution is 0.0966. The van der Waals surface area contributed by atoms with Crippen molar-refractivity contribution >= 4 is 11.7 Å². The maximum absolute atomic E-state index is 12.6. The van der Waals surface area contributed by atoms with Gasteiger partial charge in [0.25, 0.3) is 5.91 Å². The molecule has 0 aliphatic carbocycles. The van der Waals surface area contributed by atoms with Crippen LogP contribution in [0.15, 0.2) is 101 Å². The number of amides is 1. The van der Waals surface area contributed by atoms with Gasteiger partial charge in [-0.1, -0.05) is 60.7 Å². The van der Waals surface area contributed by atoms with Crippen LogP contribution in [0.4, 0.5) is 0 Å². The lowest BCUT2D eigenvalue weighted by Crippen LogP contribution is -2.22. The van der Waals surface area contributed by atoms with E-state index in [0.29, 0.717) is 22.7 Å². The molecule has 35 heavy (non-hydrogen) atoms. The van der Waals surface area contributed by atoms with Crippen molar-refractivity contribution in [1.29, 1.82) is 0 Å². The second kappa shape index (κ2) is 11.3. The molecule has 5 nitrogen and oxygen atoms in total. The van der Waals surface area contributed by atoms with E-state index in [4.69, 9.17) is 4.42 Å². The third-order valence-corrected chi connectivity index (χ3v) is 5.73. The average molecular weight is 465 g/mol. The highest BCUT2D eigenvalue weighted by molar-refractivity contribution is 6.05. The Hall–Kier alpha value is -4.25. The topological polar surface area (TPSA) is 72.2 Å². The van der Waals surface area contributed by atoms with Gasteiger partial charge in [-0.25, -0.2) is 4.98 Å². The van der Waals surface area contributed by atoms with Crippen LogP contribution in [0.3, 0.4) is 0 Å². The molecule has 1 heterocycles. The second-order valence-corrected chi connectivity index (χ2v) is 8.45. The zero-order valence-electron chi connectivity index (χ0n) is 20.0. The lowest BCUT2D eigenvalue weighted by atomic mass is 10.0. The van der Waals surface area contributed by atoms with E-state index in [0.717, 1.165) is 41.8 Å². The first-order valence-corrected chi connectivity index (χ1v) is 11.7. The van der Waals surface area contributed by atoms with Gasteiger partial charge in [-0.15, -0.1) is 0 Å². The number of carbonyl (C=O) groups excluding carboxylic acids is 2. The molecule has 0 unspecified atom stereocenters. The first-order chi connectivity index (χ1) is 17.0. The molecular weight excluding hydrogens is 436 g/mol. The molecule has 0 fully saturated rings. The van der Waals surface area contributed by atoms with Gasteiger partial charge in [0, 0.05) is 28.5 Å². The fourth-order valence-electron chi connectivity index (χ4n) is 3.82. The van der Waals surface area contributed by atoms with Crippen molar-refractivity contribution in [3.8, 4) is 11.5 Å². The van der Waals surface area contributed by atoms with E-state index in [9.17, 15) is 9.59 Å². The molecule has 4 aromatic rings. The van der Waals surface area contributed by atoms with Gasteiger partial charge >= 0.3 is 0 Å². The fourth-order valence-corrected chi connectivity index (χ4v) is 3.82. The van der Waals surface area contributed by atoms with E-state index >= 15 is 0 Å². The maximum atomic E-state index is 12.6. The van der Waals surface area contributed by atoms with E-state index in [1.807, 2.05) is 79.7 Å². The number of aromatic nitrogens is 1. The van der Waals surface area contributed by atoms with Crippen molar-refractivity contribution in [2.45, 2.75) is 33.1 Å². The average Bonchev–Trinajstić information content (AvgIpc) is 3.25. The van der Waals surface area contributed by atoms with Crippen molar-refractivity contribution in [1.82, 2.24) is 10.3 Å². The van der Waals surface area contributed by atoms with Gasteiger partial charge in [0.1, 0.15) is 5.76 Å². The number of ketones is 1. The van der Waals surface area contributed by atoms with Gasteiger partial charge in [0.05, 0.1) is 5.69 Å². The molecule has 1 amide bonds. The van der Waals surface area contributed by atoms with Crippen LogP contribution in [0.2, 0.25) is 0 Å². The van der Waals surface area contributed by atoms with Crippen molar-refractivity contribution in [2.75, 3.05) is 0 Å². The van der Waals surface area contributed by atoms with Gasteiger partial charge in [0.15, 0.2) is 5.78 Å². The molecule has 5 heteroatoms. The van der Waals surface area contributed by atoms with Gasteiger partial charge < -0.3 is 9.73 Å². The summed E-state index contributed by atoms with van der Waals surface area (Å²) in [5.74, 6) is 1.13. The van der Waals surface area contributed by atoms with Gasteiger partial charge in [0.2, 0.25) is 5.89 Å². The summed E-state index contributed by atoms with van der Waals surface area (Å²) >= 11 is 0. The Morgan fingerprint density at radius 3 is 2.20 bits per heavy atom. The van der Waals surface area contributed by atoms with Gasteiger partial charge in [-0.3, -0.25) is 9.59 Å². The Kier molecular flexibility index (Phi) is 7.68. The smallest absolute Gasteiger partial charge is 0.255 e. The van der Waals surface area contributed by atoms with E-state index in [1.165, 1.54) is 6.08 Å². The van der Waals surface area contributed by atoms with Crippen LogP contribution in [0, 0.1) is 6.92 Å². The molecule has 0 spiro atoms. The third kappa shape index (κ3) is 6.42. The molecule has 1 N–H and O–H groups in total. The van der Waals surface area contributed by atoms with E-state index in [1.54, 1.807) is 19.1 Å². The first kappa shape index (κ1) is 23.9. The predicted octanol–water partition coefficient (Wildman–Crippen LogP) is 6.34. The number of benzene rings is 3. The lowest BCUT2D eigenvalue weighted by Gasteiger charge is -2.07. The minimum absolute atomic E-state index is 0.142. The molecule has 0 saturated carbocycles. The number of nitrogens with one attached hydrogen (secondary N) is 1. The highest BCUT2D eigenvalue weighted by atomic mass is 16.4. The number of nitrogens with zero attached hydrogens (tertiary/aromatic N) is 1. The number of hydrogen-bond donors (Lipinski definition) is 1. The van der Waals surface area contributed by atoms with Crippen LogP contribution in [0.5, 0.6) is 0 Å². The monoisotopic (exact) mass is 464 g/mol. The van der Waals surface area contributed by atoms with Gasteiger partial charge in [-0.2, -0.15) is 0 Å². The number of hydrogen-bond acceptors (Lipinski definition) is 4. The Morgan fingerprint density at radius 1 is 0.857 bits per heavy atom. The van der Waals surface area contributed by atoms with E-state index in [2.05, 4.69) is 10.3 Å². The zero-order valence-corrected chi connectivity index (χ0v) is 20.0. The van der Waals surface area contributed by atoms with Gasteiger partial charge in [-0.05, 0) is 62.9 Å². The van der Waals surface area contributed by atoms with Crippen LogP contribution < -0.4 is 5.32 Å². The van der Waals surface area contributed by atoms with E-state index < -0.39 is 0 Å². The standard InChI is InChI=1S/C30H28N2O3/c1-21(20-28(33)24-11-5-3-6-12-24)31-29(34)25-18-16-23(17-19-25)10-9-15-27-22(2)35-30(32-27)26-13-7-4-8-14-26/h3-8,11-14,16-20H,9-10,15H2,1-2H3,(H,31,34)/b21-20-. The fraction of sp³-hybridized carbons (Fsp3) is 0.167. The predicted molar refractivity (Wildman–Crippen MR) is 137 cm³/mol. The molecule has 0 aliphatic heterocycles. The third-order valence-electron chi connectivity index (χ3n) is 5.73. The highest BCUT2D eigenvalue weighted by Gasteiger charge is 2.12. The van der Waals surface area contributed by atoms with Crippen LogP contribution in [0.25, 0.3) is 11.5 Å². The summed E-state index contributed by atoms with van der Waals surface area (Å²) in [7, 11) is 0. The quantitative estimate of drug-likeness (QED) is 0.232. The van der Waals surface area contributed by atoms with Crippen LogP contribution in [-0.4, -0.2) is 16.7 Å². The summed E-state index contributed by atoms with van der Waals surface area (Å²) in [4.78, 5) is 29.5. The van der Waals surface area contributed by atoms with Crippen molar-refractivity contribution in [2.24, 2.45) is 0 Å².